The van der Waals surface area contributed by atoms with Crippen LogP contribution in [0.3, 0.4) is 0 Å². The second-order valence-corrected chi connectivity index (χ2v) is 8.96. The van der Waals surface area contributed by atoms with Gasteiger partial charge >= 0.3 is 0 Å². The summed E-state index contributed by atoms with van der Waals surface area (Å²) in [7, 11) is 0. The molecule has 0 saturated carbocycles. The van der Waals surface area contributed by atoms with Gasteiger partial charge in [0, 0.05) is 47.8 Å². The summed E-state index contributed by atoms with van der Waals surface area (Å²) < 4.78 is 0. The molecule has 2 heterocycles. The number of carbonyl (C=O) groups excluding carboxylic acids is 1. The zero-order valence-electron chi connectivity index (χ0n) is 16.6. The van der Waals surface area contributed by atoms with E-state index in [2.05, 4.69) is 51.3 Å². The maximum absolute atomic E-state index is 12.5. The van der Waals surface area contributed by atoms with Gasteiger partial charge in [-0.05, 0) is 36.8 Å². The fourth-order valence-electron chi connectivity index (χ4n) is 3.58. The number of halogens is 2. The van der Waals surface area contributed by atoms with E-state index in [1.165, 1.54) is 22.6 Å². The van der Waals surface area contributed by atoms with Gasteiger partial charge in [0.2, 0.25) is 5.91 Å². The van der Waals surface area contributed by atoms with Crippen LogP contribution in [0.15, 0.2) is 47.8 Å². The highest BCUT2D eigenvalue weighted by molar-refractivity contribution is 7.14. The standard InChI is InChI=1S/C22H22Cl2N4OS/c1-15-4-2-3-5-20(15)28-10-8-27(9-11-28)13-21(29)26-22-25-19(14-30-22)17-7-6-16(23)12-18(17)24/h2-7,12,14H,8-11,13H2,1H3,(H,25,26,29). The van der Waals surface area contributed by atoms with Crippen molar-refractivity contribution in [3.05, 3.63) is 63.5 Å². The molecule has 156 valence electrons. The summed E-state index contributed by atoms with van der Waals surface area (Å²) >= 11 is 13.6. The van der Waals surface area contributed by atoms with Crippen molar-refractivity contribution in [3.63, 3.8) is 0 Å². The Hall–Kier alpha value is -2.12. The van der Waals surface area contributed by atoms with Gasteiger partial charge in [0.05, 0.1) is 17.3 Å². The molecular weight excluding hydrogens is 439 g/mol. The van der Waals surface area contributed by atoms with Crippen molar-refractivity contribution >= 4 is 51.3 Å². The Balaban J connectivity index is 1.31. The summed E-state index contributed by atoms with van der Waals surface area (Å²) in [5.41, 5.74) is 4.08. The van der Waals surface area contributed by atoms with Crippen molar-refractivity contribution in [3.8, 4) is 11.3 Å². The van der Waals surface area contributed by atoms with Gasteiger partial charge in [0.1, 0.15) is 0 Å². The molecule has 30 heavy (non-hydrogen) atoms. The number of anilines is 2. The van der Waals surface area contributed by atoms with Crippen LogP contribution in [0, 0.1) is 6.92 Å². The Bertz CT molecular complexity index is 1050. The minimum atomic E-state index is -0.0533. The van der Waals surface area contributed by atoms with E-state index in [9.17, 15) is 4.79 Å². The van der Waals surface area contributed by atoms with Crippen LogP contribution < -0.4 is 10.2 Å². The Kier molecular flexibility index (Phi) is 6.58. The number of aromatic nitrogens is 1. The van der Waals surface area contributed by atoms with Crippen LogP contribution in [-0.4, -0.2) is 48.5 Å². The number of carbonyl (C=O) groups is 1. The Labute approximate surface area is 190 Å². The summed E-state index contributed by atoms with van der Waals surface area (Å²) in [6.45, 7) is 6.02. The predicted molar refractivity (Wildman–Crippen MR) is 126 cm³/mol. The van der Waals surface area contributed by atoms with E-state index in [0.29, 0.717) is 21.7 Å². The zero-order chi connectivity index (χ0) is 21.1. The summed E-state index contributed by atoms with van der Waals surface area (Å²) in [6.07, 6.45) is 0. The predicted octanol–water partition coefficient (Wildman–Crippen LogP) is 5.19. The number of hydrogen-bond acceptors (Lipinski definition) is 5. The third kappa shape index (κ3) is 4.95. The van der Waals surface area contributed by atoms with Crippen molar-refractivity contribution in [2.45, 2.75) is 6.92 Å². The second kappa shape index (κ2) is 9.35. The van der Waals surface area contributed by atoms with Gasteiger partial charge in [0.15, 0.2) is 5.13 Å². The molecule has 0 radical (unpaired) electrons. The molecule has 0 bridgehead atoms. The monoisotopic (exact) mass is 460 g/mol. The lowest BCUT2D eigenvalue weighted by Crippen LogP contribution is -2.48. The average molecular weight is 461 g/mol. The lowest BCUT2D eigenvalue weighted by atomic mass is 10.1. The van der Waals surface area contributed by atoms with Crippen molar-refractivity contribution in [1.82, 2.24) is 9.88 Å². The van der Waals surface area contributed by atoms with Crippen molar-refractivity contribution in [2.24, 2.45) is 0 Å². The van der Waals surface area contributed by atoms with E-state index in [4.69, 9.17) is 23.2 Å². The SMILES string of the molecule is Cc1ccccc1N1CCN(CC(=O)Nc2nc(-c3ccc(Cl)cc3Cl)cs2)CC1. The summed E-state index contributed by atoms with van der Waals surface area (Å²) in [5.74, 6) is -0.0533. The normalized spacial score (nSPS) is 14.7. The van der Waals surface area contributed by atoms with Crippen LogP contribution in [0.25, 0.3) is 11.3 Å². The number of benzene rings is 2. The Morgan fingerprint density at radius 2 is 1.90 bits per heavy atom. The van der Waals surface area contributed by atoms with E-state index in [1.54, 1.807) is 12.1 Å². The third-order valence-corrected chi connectivity index (χ3v) is 6.46. The Morgan fingerprint density at radius 3 is 2.63 bits per heavy atom. The molecule has 0 atom stereocenters. The first-order valence-electron chi connectivity index (χ1n) is 9.73. The molecule has 1 saturated heterocycles. The molecule has 1 aliphatic heterocycles. The highest BCUT2D eigenvalue weighted by Crippen LogP contribution is 2.32. The number of nitrogens with one attached hydrogen (secondary N) is 1. The first-order valence-corrected chi connectivity index (χ1v) is 11.4. The van der Waals surface area contributed by atoms with Gasteiger partial charge in [-0.2, -0.15) is 0 Å². The maximum atomic E-state index is 12.5. The number of aryl methyl sites for hydroxylation is 1. The second-order valence-electron chi connectivity index (χ2n) is 7.26. The molecule has 3 aromatic rings. The average Bonchev–Trinajstić information content (AvgIpc) is 3.17. The van der Waals surface area contributed by atoms with Crippen LogP contribution in [0.4, 0.5) is 10.8 Å². The number of amides is 1. The largest absolute Gasteiger partial charge is 0.369 e. The molecule has 1 N–H and O–H groups in total. The fourth-order valence-corrected chi connectivity index (χ4v) is 4.81. The molecule has 4 rings (SSSR count). The number of piperazine rings is 1. The highest BCUT2D eigenvalue weighted by atomic mass is 35.5. The first kappa shape index (κ1) is 21.1. The lowest BCUT2D eigenvalue weighted by molar-refractivity contribution is -0.117. The van der Waals surface area contributed by atoms with Gasteiger partial charge in [0.25, 0.3) is 0 Å². The van der Waals surface area contributed by atoms with Crippen molar-refractivity contribution in [1.29, 1.82) is 0 Å². The highest BCUT2D eigenvalue weighted by Gasteiger charge is 2.20. The van der Waals surface area contributed by atoms with Crippen LogP contribution in [0.2, 0.25) is 10.0 Å². The van der Waals surface area contributed by atoms with Gasteiger partial charge in [-0.25, -0.2) is 4.98 Å². The molecule has 0 aliphatic carbocycles. The Morgan fingerprint density at radius 1 is 1.13 bits per heavy atom. The van der Waals surface area contributed by atoms with Crippen LogP contribution in [0.5, 0.6) is 0 Å². The minimum Gasteiger partial charge on any atom is -0.369 e. The summed E-state index contributed by atoms with van der Waals surface area (Å²) in [4.78, 5) is 21.6. The number of rotatable bonds is 5. The number of para-hydroxylation sites is 1. The summed E-state index contributed by atoms with van der Waals surface area (Å²) in [5, 5.41) is 6.47. The van der Waals surface area contributed by atoms with E-state index >= 15 is 0 Å². The molecule has 0 unspecified atom stereocenters. The molecule has 5 nitrogen and oxygen atoms in total. The summed E-state index contributed by atoms with van der Waals surface area (Å²) in [6, 6.07) is 13.7. The first-order chi connectivity index (χ1) is 14.5. The quantitative estimate of drug-likeness (QED) is 0.569. The molecule has 0 spiro atoms. The topological polar surface area (TPSA) is 48.5 Å². The van der Waals surface area contributed by atoms with Crippen LogP contribution in [-0.2, 0) is 4.79 Å². The molecule has 8 heteroatoms. The lowest BCUT2D eigenvalue weighted by Gasteiger charge is -2.36. The molecule has 1 fully saturated rings. The van der Waals surface area contributed by atoms with Gasteiger partial charge in [-0.1, -0.05) is 41.4 Å². The van der Waals surface area contributed by atoms with Crippen LogP contribution >= 0.6 is 34.5 Å². The number of nitrogens with zero attached hydrogens (tertiary/aromatic N) is 3. The van der Waals surface area contributed by atoms with E-state index < -0.39 is 0 Å². The fraction of sp³-hybridized carbons (Fsp3) is 0.273. The maximum Gasteiger partial charge on any atom is 0.240 e. The van der Waals surface area contributed by atoms with Crippen LogP contribution in [0.1, 0.15) is 5.56 Å². The zero-order valence-corrected chi connectivity index (χ0v) is 18.9. The number of thiazole rings is 1. The third-order valence-electron chi connectivity index (χ3n) is 5.15. The van der Waals surface area contributed by atoms with E-state index in [0.717, 1.165) is 37.4 Å². The number of hydrogen-bond donors (Lipinski definition) is 1. The van der Waals surface area contributed by atoms with Crippen molar-refractivity contribution < 1.29 is 4.79 Å². The molecule has 1 amide bonds. The van der Waals surface area contributed by atoms with E-state index in [1.807, 2.05) is 11.4 Å². The molecule has 1 aromatic heterocycles. The molecular formula is C22H22Cl2N4OS. The van der Waals surface area contributed by atoms with E-state index in [-0.39, 0.29) is 5.91 Å². The van der Waals surface area contributed by atoms with Gasteiger partial charge in [-0.15, -0.1) is 11.3 Å². The molecule has 2 aromatic carbocycles. The smallest absolute Gasteiger partial charge is 0.240 e. The van der Waals surface area contributed by atoms with Crippen molar-refractivity contribution in [2.75, 3.05) is 42.9 Å². The van der Waals surface area contributed by atoms with Gasteiger partial charge in [-0.3, -0.25) is 9.69 Å². The molecule has 1 aliphatic rings. The van der Waals surface area contributed by atoms with Gasteiger partial charge < -0.3 is 10.2 Å². The minimum absolute atomic E-state index is 0.0533.